The van der Waals surface area contributed by atoms with Gasteiger partial charge in [-0.05, 0) is 49.8 Å². The van der Waals surface area contributed by atoms with E-state index in [9.17, 15) is 19.5 Å². The quantitative estimate of drug-likeness (QED) is 0.797. The van der Waals surface area contributed by atoms with Gasteiger partial charge in [0.15, 0.2) is 0 Å². The molecule has 0 radical (unpaired) electrons. The van der Waals surface area contributed by atoms with Crippen molar-refractivity contribution in [3.8, 4) is 0 Å². The largest absolute Gasteiger partial charge is 0.478 e. The van der Waals surface area contributed by atoms with Crippen LogP contribution in [0.25, 0.3) is 0 Å². The normalized spacial score (nSPS) is 15.8. The second kappa shape index (κ2) is 8.73. The van der Waals surface area contributed by atoms with Crippen LogP contribution in [0.15, 0.2) is 47.3 Å². The van der Waals surface area contributed by atoms with Crippen LogP contribution >= 0.6 is 0 Å². The summed E-state index contributed by atoms with van der Waals surface area (Å²) in [5, 5.41) is 12.0. The van der Waals surface area contributed by atoms with E-state index < -0.39 is 12.0 Å². The number of furan rings is 1. The van der Waals surface area contributed by atoms with E-state index in [1.54, 1.807) is 30.0 Å². The van der Waals surface area contributed by atoms with Gasteiger partial charge in [-0.25, -0.2) is 4.79 Å². The summed E-state index contributed by atoms with van der Waals surface area (Å²) in [4.78, 5) is 37.8. The molecule has 0 aliphatic carbocycles. The van der Waals surface area contributed by atoms with Crippen LogP contribution in [0.5, 0.6) is 0 Å². The molecule has 1 fully saturated rings. The van der Waals surface area contributed by atoms with Crippen molar-refractivity contribution in [1.82, 2.24) is 10.2 Å². The standard InChI is InChI=1S/C21H24N2O5/c1-14(22-19(24)17-8-11-28-13-17)20(25)23-9-6-15(7-10-23)12-16-4-2-3-5-18(16)21(26)27/h2-5,8,11,13-15H,6-7,9-10,12H2,1H3,(H,22,24)(H,26,27). The van der Waals surface area contributed by atoms with Crippen LogP contribution in [0, 0.1) is 5.92 Å². The van der Waals surface area contributed by atoms with Crippen LogP contribution in [0.3, 0.4) is 0 Å². The third kappa shape index (κ3) is 4.60. The Labute approximate surface area is 163 Å². The van der Waals surface area contributed by atoms with Crippen LogP contribution in [0.1, 0.15) is 46.0 Å². The van der Waals surface area contributed by atoms with E-state index in [4.69, 9.17) is 4.42 Å². The second-order valence-corrected chi connectivity index (χ2v) is 7.14. The molecular weight excluding hydrogens is 360 g/mol. The van der Waals surface area contributed by atoms with Crippen LogP contribution < -0.4 is 5.32 Å². The number of carbonyl (C=O) groups excluding carboxylic acids is 2. The number of likely N-dealkylation sites (tertiary alicyclic amines) is 1. The molecule has 28 heavy (non-hydrogen) atoms. The van der Waals surface area contributed by atoms with Crippen molar-refractivity contribution in [2.24, 2.45) is 5.92 Å². The number of hydrogen-bond acceptors (Lipinski definition) is 4. The summed E-state index contributed by atoms with van der Waals surface area (Å²) in [6.45, 7) is 2.88. The summed E-state index contributed by atoms with van der Waals surface area (Å²) >= 11 is 0. The van der Waals surface area contributed by atoms with Crippen LogP contribution in [0.4, 0.5) is 0 Å². The summed E-state index contributed by atoms with van der Waals surface area (Å²) in [6, 6.07) is 7.99. The van der Waals surface area contributed by atoms with Gasteiger partial charge in [0, 0.05) is 13.1 Å². The molecule has 148 valence electrons. The third-order valence-electron chi connectivity index (χ3n) is 5.18. The van der Waals surface area contributed by atoms with Crippen LogP contribution in [-0.2, 0) is 11.2 Å². The first kappa shape index (κ1) is 19.7. The molecule has 1 aliphatic rings. The van der Waals surface area contributed by atoms with E-state index in [1.807, 2.05) is 12.1 Å². The molecule has 1 aromatic carbocycles. The fraction of sp³-hybridized carbons (Fsp3) is 0.381. The number of rotatable bonds is 6. The van der Waals surface area contributed by atoms with Gasteiger partial charge in [0.2, 0.25) is 5.91 Å². The summed E-state index contributed by atoms with van der Waals surface area (Å²) in [5.74, 6) is -1.03. The number of aromatic carboxylic acids is 1. The maximum absolute atomic E-state index is 12.6. The van der Waals surface area contributed by atoms with Crippen molar-refractivity contribution >= 4 is 17.8 Å². The van der Waals surface area contributed by atoms with E-state index >= 15 is 0 Å². The van der Waals surface area contributed by atoms with Crippen molar-refractivity contribution in [1.29, 1.82) is 0 Å². The van der Waals surface area contributed by atoms with Gasteiger partial charge in [-0.1, -0.05) is 18.2 Å². The lowest BCUT2D eigenvalue weighted by Crippen LogP contribution is -2.49. The Kier molecular flexibility index (Phi) is 6.13. The lowest BCUT2D eigenvalue weighted by atomic mass is 9.88. The zero-order chi connectivity index (χ0) is 20.1. The smallest absolute Gasteiger partial charge is 0.335 e. The third-order valence-corrected chi connectivity index (χ3v) is 5.18. The molecule has 1 atom stereocenters. The van der Waals surface area contributed by atoms with Crippen LogP contribution in [0.2, 0.25) is 0 Å². The molecule has 3 rings (SSSR count). The predicted octanol–water partition coefficient (Wildman–Crippen LogP) is 2.58. The van der Waals surface area contributed by atoms with Crippen molar-refractivity contribution in [2.75, 3.05) is 13.1 Å². The van der Waals surface area contributed by atoms with E-state index in [1.165, 1.54) is 12.5 Å². The fourth-order valence-electron chi connectivity index (χ4n) is 3.58. The highest BCUT2D eigenvalue weighted by Crippen LogP contribution is 2.24. The minimum absolute atomic E-state index is 0.110. The molecule has 1 aromatic heterocycles. The number of carbonyl (C=O) groups is 3. The first-order chi connectivity index (χ1) is 13.5. The summed E-state index contributed by atoms with van der Waals surface area (Å²) in [6.07, 6.45) is 5.06. The van der Waals surface area contributed by atoms with Crippen molar-refractivity contribution in [3.05, 3.63) is 59.5 Å². The molecule has 0 saturated carbocycles. The van der Waals surface area contributed by atoms with E-state index in [0.29, 0.717) is 36.6 Å². The number of carboxylic acid groups (broad SMARTS) is 1. The van der Waals surface area contributed by atoms with E-state index in [-0.39, 0.29) is 11.8 Å². The number of nitrogens with zero attached hydrogens (tertiary/aromatic N) is 1. The minimum Gasteiger partial charge on any atom is -0.478 e. The first-order valence-corrected chi connectivity index (χ1v) is 9.38. The topological polar surface area (TPSA) is 99.9 Å². The number of nitrogens with one attached hydrogen (secondary N) is 1. The number of piperidine rings is 1. The maximum Gasteiger partial charge on any atom is 0.335 e. The van der Waals surface area contributed by atoms with Gasteiger partial charge in [0.1, 0.15) is 12.3 Å². The predicted molar refractivity (Wildman–Crippen MR) is 102 cm³/mol. The van der Waals surface area contributed by atoms with E-state index in [0.717, 1.165) is 18.4 Å². The van der Waals surface area contributed by atoms with Gasteiger partial charge < -0.3 is 19.7 Å². The molecule has 1 aliphatic heterocycles. The molecule has 2 N–H and O–H groups in total. The molecule has 2 heterocycles. The van der Waals surface area contributed by atoms with Gasteiger partial charge >= 0.3 is 5.97 Å². The highest BCUT2D eigenvalue weighted by molar-refractivity contribution is 5.97. The molecule has 0 bridgehead atoms. The molecule has 2 aromatic rings. The number of amides is 2. The Morgan fingerprint density at radius 2 is 1.93 bits per heavy atom. The van der Waals surface area contributed by atoms with Gasteiger partial charge in [-0.3, -0.25) is 9.59 Å². The number of carboxylic acids is 1. The highest BCUT2D eigenvalue weighted by atomic mass is 16.4. The van der Waals surface area contributed by atoms with Crippen molar-refractivity contribution in [3.63, 3.8) is 0 Å². The molecular formula is C21H24N2O5. The Bertz CT molecular complexity index is 838. The molecule has 7 heteroatoms. The number of hydrogen-bond donors (Lipinski definition) is 2. The summed E-state index contributed by atoms with van der Waals surface area (Å²) < 4.78 is 4.88. The first-order valence-electron chi connectivity index (χ1n) is 9.38. The molecule has 7 nitrogen and oxygen atoms in total. The van der Waals surface area contributed by atoms with Gasteiger partial charge in [0.05, 0.1) is 17.4 Å². The monoisotopic (exact) mass is 384 g/mol. The molecule has 2 amide bonds. The Balaban J connectivity index is 1.51. The zero-order valence-electron chi connectivity index (χ0n) is 15.8. The van der Waals surface area contributed by atoms with Gasteiger partial charge in [-0.2, -0.15) is 0 Å². The fourth-order valence-corrected chi connectivity index (χ4v) is 3.58. The molecule has 1 saturated heterocycles. The van der Waals surface area contributed by atoms with Crippen molar-refractivity contribution < 1.29 is 23.9 Å². The number of benzene rings is 1. The second-order valence-electron chi connectivity index (χ2n) is 7.14. The SMILES string of the molecule is CC(NC(=O)c1ccoc1)C(=O)N1CCC(Cc2ccccc2C(=O)O)CC1. The zero-order valence-corrected chi connectivity index (χ0v) is 15.8. The Hall–Kier alpha value is -3.09. The average Bonchev–Trinajstić information content (AvgIpc) is 3.23. The van der Waals surface area contributed by atoms with Crippen molar-refractivity contribution in [2.45, 2.75) is 32.2 Å². The lowest BCUT2D eigenvalue weighted by Gasteiger charge is -2.34. The minimum atomic E-state index is -0.912. The van der Waals surface area contributed by atoms with Gasteiger partial charge in [-0.15, -0.1) is 0 Å². The highest BCUT2D eigenvalue weighted by Gasteiger charge is 2.27. The summed E-state index contributed by atoms with van der Waals surface area (Å²) in [7, 11) is 0. The van der Waals surface area contributed by atoms with Gasteiger partial charge in [0.25, 0.3) is 5.91 Å². The lowest BCUT2D eigenvalue weighted by molar-refractivity contribution is -0.134. The Morgan fingerprint density at radius 3 is 2.57 bits per heavy atom. The molecule has 0 spiro atoms. The average molecular weight is 384 g/mol. The Morgan fingerprint density at radius 1 is 1.21 bits per heavy atom. The maximum atomic E-state index is 12.6. The molecule has 1 unspecified atom stereocenters. The van der Waals surface area contributed by atoms with E-state index in [2.05, 4.69) is 5.32 Å². The summed E-state index contributed by atoms with van der Waals surface area (Å²) in [5.41, 5.74) is 1.56. The van der Waals surface area contributed by atoms with Crippen LogP contribution in [-0.4, -0.2) is 46.9 Å².